The third kappa shape index (κ3) is 3.29. The first-order valence-corrected chi connectivity index (χ1v) is 8.40. The molecule has 1 aliphatic heterocycles. The number of aliphatic carboxylic acids is 1. The van der Waals surface area contributed by atoms with Gasteiger partial charge < -0.3 is 14.7 Å². The van der Waals surface area contributed by atoms with Gasteiger partial charge in [-0.25, -0.2) is 4.39 Å². The molecule has 1 atom stereocenters. The summed E-state index contributed by atoms with van der Waals surface area (Å²) in [6.07, 6.45) is 2.69. The highest BCUT2D eigenvalue weighted by molar-refractivity contribution is 5.89. The average Bonchev–Trinajstić information content (AvgIpc) is 3.05. The number of amides is 1. The molecule has 2 fully saturated rings. The van der Waals surface area contributed by atoms with Gasteiger partial charge in [-0.05, 0) is 30.5 Å². The normalized spacial score (nSPS) is 23.2. The van der Waals surface area contributed by atoms with Crippen molar-refractivity contribution >= 4 is 11.9 Å². The number of benzene rings is 1. The molecule has 6 heteroatoms. The van der Waals surface area contributed by atoms with Crippen LogP contribution >= 0.6 is 0 Å². The maximum Gasteiger partial charge on any atom is 0.306 e. The van der Waals surface area contributed by atoms with Gasteiger partial charge in [0, 0.05) is 13.1 Å². The van der Waals surface area contributed by atoms with Crippen LogP contribution in [0.15, 0.2) is 24.3 Å². The number of carbonyl (C=O) groups is 2. The van der Waals surface area contributed by atoms with Gasteiger partial charge in [-0.15, -0.1) is 0 Å². The van der Waals surface area contributed by atoms with Crippen LogP contribution in [-0.4, -0.2) is 47.7 Å². The van der Waals surface area contributed by atoms with Gasteiger partial charge in [0.05, 0.1) is 24.5 Å². The van der Waals surface area contributed by atoms with E-state index >= 15 is 0 Å². The van der Waals surface area contributed by atoms with Gasteiger partial charge >= 0.3 is 5.97 Å². The second-order valence-corrected chi connectivity index (χ2v) is 6.64. The third-order valence-electron chi connectivity index (χ3n) is 5.07. The minimum Gasteiger partial charge on any atom is -0.481 e. The van der Waals surface area contributed by atoms with Gasteiger partial charge in [-0.2, -0.15) is 0 Å². The van der Waals surface area contributed by atoms with Crippen LogP contribution in [0.25, 0.3) is 0 Å². The first kappa shape index (κ1) is 16.9. The Labute approximate surface area is 140 Å². The standard InChI is InChI=1S/C18H22FNO4/c19-14-5-3-4-13(10-14)18(6-1-2-7-18)17(23)20-8-9-24-15(12-20)11-16(21)22/h3-5,10,15H,1-2,6-9,11-12H2,(H,21,22)/t15-/m0/s1. The summed E-state index contributed by atoms with van der Waals surface area (Å²) in [7, 11) is 0. The molecule has 3 rings (SSSR count). The van der Waals surface area contributed by atoms with Crippen LogP contribution in [0.4, 0.5) is 4.39 Å². The molecule has 0 unspecified atom stereocenters. The summed E-state index contributed by atoms with van der Waals surface area (Å²) in [5, 5.41) is 8.94. The van der Waals surface area contributed by atoms with E-state index in [0.29, 0.717) is 26.0 Å². The van der Waals surface area contributed by atoms with E-state index < -0.39 is 17.5 Å². The largest absolute Gasteiger partial charge is 0.481 e. The number of carbonyl (C=O) groups excluding carboxylic acids is 1. The summed E-state index contributed by atoms with van der Waals surface area (Å²) in [5.74, 6) is -1.29. The summed E-state index contributed by atoms with van der Waals surface area (Å²) in [4.78, 5) is 25.9. The van der Waals surface area contributed by atoms with E-state index in [-0.39, 0.29) is 24.7 Å². The number of carboxylic acids is 1. The summed E-state index contributed by atoms with van der Waals surface area (Å²) < 4.78 is 19.1. The summed E-state index contributed by atoms with van der Waals surface area (Å²) in [5.41, 5.74) is 0.0407. The van der Waals surface area contributed by atoms with E-state index in [9.17, 15) is 14.0 Å². The monoisotopic (exact) mass is 335 g/mol. The van der Waals surface area contributed by atoms with E-state index in [0.717, 1.165) is 18.4 Å². The predicted molar refractivity (Wildman–Crippen MR) is 85.1 cm³/mol. The zero-order valence-corrected chi connectivity index (χ0v) is 13.5. The smallest absolute Gasteiger partial charge is 0.306 e. The lowest BCUT2D eigenvalue weighted by molar-refractivity contribution is -0.150. The number of morpholine rings is 1. The Balaban J connectivity index is 1.83. The molecule has 1 aromatic carbocycles. The summed E-state index contributed by atoms with van der Waals surface area (Å²) in [6.45, 7) is 1.07. The van der Waals surface area contributed by atoms with Crippen LogP contribution in [0, 0.1) is 5.82 Å². The maximum atomic E-state index is 13.7. The van der Waals surface area contributed by atoms with Crippen molar-refractivity contribution in [3.8, 4) is 0 Å². The number of ether oxygens (including phenoxy) is 1. The minimum absolute atomic E-state index is 0.0238. The molecule has 24 heavy (non-hydrogen) atoms. The van der Waals surface area contributed by atoms with Gasteiger partial charge in [0.1, 0.15) is 5.82 Å². The van der Waals surface area contributed by atoms with Crippen LogP contribution in [-0.2, 0) is 19.7 Å². The zero-order valence-electron chi connectivity index (χ0n) is 13.5. The molecule has 0 radical (unpaired) electrons. The van der Waals surface area contributed by atoms with Crippen molar-refractivity contribution in [2.24, 2.45) is 0 Å². The van der Waals surface area contributed by atoms with E-state index in [1.54, 1.807) is 11.0 Å². The Bertz CT molecular complexity index is 627. The lowest BCUT2D eigenvalue weighted by Crippen LogP contribution is -2.52. The second kappa shape index (κ2) is 6.89. The molecule has 130 valence electrons. The van der Waals surface area contributed by atoms with Crippen LogP contribution in [0.3, 0.4) is 0 Å². The highest BCUT2D eigenvalue weighted by Gasteiger charge is 2.46. The Kier molecular flexibility index (Phi) is 4.85. The molecule has 1 heterocycles. The van der Waals surface area contributed by atoms with E-state index in [2.05, 4.69) is 0 Å². The third-order valence-corrected chi connectivity index (χ3v) is 5.07. The molecule has 0 spiro atoms. The molecule has 1 saturated heterocycles. The van der Waals surface area contributed by atoms with Gasteiger partial charge in [0.15, 0.2) is 0 Å². The lowest BCUT2D eigenvalue weighted by Gasteiger charge is -2.39. The summed E-state index contributed by atoms with van der Waals surface area (Å²) in [6, 6.07) is 6.30. The molecule has 1 saturated carbocycles. The molecular weight excluding hydrogens is 313 g/mol. The van der Waals surface area contributed by atoms with Crippen LogP contribution in [0.1, 0.15) is 37.7 Å². The van der Waals surface area contributed by atoms with E-state index in [4.69, 9.17) is 9.84 Å². The molecule has 1 amide bonds. The van der Waals surface area contributed by atoms with Crippen molar-refractivity contribution in [3.05, 3.63) is 35.6 Å². The van der Waals surface area contributed by atoms with Gasteiger partial charge in [-0.3, -0.25) is 9.59 Å². The molecule has 1 N–H and O–H groups in total. The number of hydrogen-bond donors (Lipinski definition) is 1. The maximum absolute atomic E-state index is 13.7. The number of rotatable bonds is 4. The Morgan fingerprint density at radius 1 is 1.33 bits per heavy atom. The first-order chi connectivity index (χ1) is 11.5. The zero-order chi connectivity index (χ0) is 17.2. The Hall–Kier alpha value is -1.95. The Morgan fingerprint density at radius 2 is 2.08 bits per heavy atom. The Morgan fingerprint density at radius 3 is 2.75 bits per heavy atom. The van der Waals surface area contributed by atoms with Crippen molar-refractivity contribution < 1.29 is 23.8 Å². The highest BCUT2D eigenvalue weighted by atomic mass is 19.1. The highest BCUT2D eigenvalue weighted by Crippen LogP contribution is 2.43. The quantitative estimate of drug-likeness (QED) is 0.917. The first-order valence-electron chi connectivity index (χ1n) is 8.40. The van der Waals surface area contributed by atoms with Crippen molar-refractivity contribution in [1.82, 2.24) is 4.90 Å². The van der Waals surface area contributed by atoms with Crippen LogP contribution < -0.4 is 0 Å². The molecule has 0 aromatic heterocycles. The van der Waals surface area contributed by atoms with Crippen LogP contribution in [0.2, 0.25) is 0 Å². The molecule has 2 aliphatic rings. The van der Waals surface area contributed by atoms with E-state index in [1.807, 2.05) is 6.07 Å². The minimum atomic E-state index is -0.935. The van der Waals surface area contributed by atoms with Crippen molar-refractivity contribution in [3.63, 3.8) is 0 Å². The topological polar surface area (TPSA) is 66.8 Å². The molecule has 5 nitrogen and oxygen atoms in total. The molecular formula is C18H22FNO4. The SMILES string of the molecule is O=C(O)C[C@H]1CN(C(=O)C2(c3cccc(F)c3)CCCC2)CCO1. The van der Waals surface area contributed by atoms with Crippen molar-refractivity contribution in [1.29, 1.82) is 0 Å². The number of halogens is 1. The van der Waals surface area contributed by atoms with Gasteiger partial charge in [0.2, 0.25) is 5.91 Å². The number of nitrogens with zero attached hydrogens (tertiary/aromatic N) is 1. The second-order valence-electron chi connectivity index (χ2n) is 6.64. The molecule has 1 aromatic rings. The molecule has 1 aliphatic carbocycles. The lowest BCUT2D eigenvalue weighted by atomic mass is 9.77. The number of carboxylic acid groups (broad SMARTS) is 1. The van der Waals surface area contributed by atoms with Gasteiger partial charge in [-0.1, -0.05) is 25.0 Å². The number of hydrogen-bond acceptors (Lipinski definition) is 3. The van der Waals surface area contributed by atoms with Crippen molar-refractivity contribution in [2.75, 3.05) is 19.7 Å². The van der Waals surface area contributed by atoms with Crippen LogP contribution in [0.5, 0.6) is 0 Å². The summed E-state index contributed by atoms with van der Waals surface area (Å²) >= 11 is 0. The van der Waals surface area contributed by atoms with Crippen molar-refractivity contribution in [2.45, 2.75) is 43.6 Å². The van der Waals surface area contributed by atoms with Gasteiger partial charge in [0.25, 0.3) is 0 Å². The fourth-order valence-electron chi connectivity index (χ4n) is 3.92. The predicted octanol–water partition coefficient (Wildman–Crippen LogP) is 2.34. The molecule has 0 bridgehead atoms. The van der Waals surface area contributed by atoms with E-state index in [1.165, 1.54) is 12.1 Å². The fraction of sp³-hybridized carbons (Fsp3) is 0.556. The average molecular weight is 335 g/mol. The fourth-order valence-corrected chi connectivity index (χ4v) is 3.92.